The lowest BCUT2D eigenvalue weighted by Gasteiger charge is -2.19. The molecule has 2 aromatic rings. The number of hydrogen-bond acceptors (Lipinski definition) is 4. The van der Waals surface area contributed by atoms with Crippen LogP contribution in [-0.4, -0.2) is 51.0 Å². The fourth-order valence-corrected chi connectivity index (χ4v) is 2.61. The summed E-state index contributed by atoms with van der Waals surface area (Å²) in [5.41, 5.74) is 0.464. The number of ether oxygens (including phenoxy) is 1. The molecule has 0 spiro atoms. The van der Waals surface area contributed by atoms with Crippen molar-refractivity contribution in [1.29, 1.82) is 0 Å². The molecule has 26 heavy (non-hydrogen) atoms. The van der Waals surface area contributed by atoms with E-state index in [1.807, 2.05) is 19.2 Å². The monoisotopic (exact) mass is 380 g/mol. The SMILES string of the molecule is COc1ccc(Cl)cc1NC(=O)CN(C)C(=O)C[NH+](C)Cc1ccco1. The smallest absolute Gasteiger partial charge is 0.277 e. The van der Waals surface area contributed by atoms with Crippen LogP contribution < -0.4 is 15.0 Å². The molecule has 8 heteroatoms. The largest absolute Gasteiger partial charge is 0.495 e. The maximum absolute atomic E-state index is 12.3. The molecule has 0 bridgehead atoms. The second kappa shape index (κ2) is 9.26. The summed E-state index contributed by atoms with van der Waals surface area (Å²) in [5, 5.41) is 3.19. The highest BCUT2D eigenvalue weighted by Crippen LogP contribution is 2.27. The second-order valence-electron chi connectivity index (χ2n) is 6.03. The van der Waals surface area contributed by atoms with Crippen molar-refractivity contribution in [2.75, 3.05) is 39.6 Å². The molecule has 0 aliphatic rings. The van der Waals surface area contributed by atoms with Crippen LogP contribution in [0.3, 0.4) is 0 Å². The van der Waals surface area contributed by atoms with Gasteiger partial charge >= 0.3 is 0 Å². The molecule has 7 nitrogen and oxygen atoms in total. The average molecular weight is 381 g/mol. The van der Waals surface area contributed by atoms with E-state index >= 15 is 0 Å². The Balaban J connectivity index is 1.86. The number of nitrogens with zero attached hydrogens (tertiary/aromatic N) is 1. The molecule has 0 aliphatic carbocycles. The molecule has 0 radical (unpaired) electrons. The van der Waals surface area contributed by atoms with Crippen LogP contribution in [-0.2, 0) is 16.1 Å². The lowest BCUT2D eigenvalue weighted by molar-refractivity contribution is -0.886. The predicted molar refractivity (Wildman–Crippen MR) is 98.4 cm³/mol. The minimum absolute atomic E-state index is 0.0669. The first-order chi connectivity index (χ1) is 12.4. The number of likely N-dealkylation sites (N-methyl/N-ethyl adjacent to an activating group) is 2. The summed E-state index contributed by atoms with van der Waals surface area (Å²) in [4.78, 5) is 26.9. The number of rotatable bonds is 8. The average Bonchev–Trinajstić information content (AvgIpc) is 3.07. The third-order valence-electron chi connectivity index (χ3n) is 3.75. The Morgan fingerprint density at radius 2 is 2.12 bits per heavy atom. The lowest BCUT2D eigenvalue weighted by atomic mass is 10.3. The van der Waals surface area contributed by atoms with E-state index < -0.39 is 0 Å². The number of halogens is 1. The molecule has 0 fully saturated rings. The number of furan rings is 1. The van der Waals surface area contributed by atoms with Crippen LogP contribution in [0, 0.1) is 0 Å². The Bertz CT molecular complexity index is 749. The summed E-state index contributed by atoms with van der Waals surface area (Å²) in [6.07, 6.45) is 1.60. The molecule has 140 valence electrons. The molecule has 2 amide bonds. The third-order valence-corrected chi connectivity index (χ3v) is 3.99. The Hall–Kier alpha value is -2.51. The molecular formula is C18H23ClN3O4+. The molecule has 1 aromatic carbocycles. The topological polar surface area (TPSA) is 76.2 Å². The highest BCUT2D eigenvalue weighted by Gasteiger charge is 2.18. The zero-order valence-electron chi connectivity index (χ0n) is 15.0. The molecule has 0 aliphatic heterocycles. The van der Waals surface area contributed by atoms with E-state index in [9.17, 15) is 9.59 Å². The standard InChI is InChI=1S/C18H22ClN3O4/c1-21(10-14-5-4-8-26-14)12-18(24)22(2)11-17(23)20-15-9-13(19)6-7-16(15)25-3/h4-9H,10-12H2,1-3H3,(H,20,23)/p+1. The predicted octanol–water partition coefficient (Wildman–Crippen LogP) is 1.05. The van der Waals surface area contributed by atoms with E-state index in [4.69, 9.17) is 20.8 Å². The lowest BCUT2D eigenvalue weighted by Crippen LogP contribution is -3.08. The number of carbonyl (C=O) groups excluding carboxylic acids is 2. The Kier molecular flexibility index (Phi) is 7.06. The molecule has 0 saturated carbocycles. The summed E-state index contributed by atoms with van der Waals surface area (Å²) in [6.45, 7) is 0.784. The van der Waals surface area contributed by atoms with Crippen LogP contribution in [0.2, 0.25) is 5.02 Å². The van der Waals surface area contributed by atoms with E-state index in [-0.39, 0.29) is 24.9 Å². The summed E-state index contributed by atoms with van der Waals surface area (Å²) < 4.78 is 10.5. The van der Waals surface area contributed by atoms with E-state index in [0.29, 0.717) is 23.0 Å². The minimum atomic E-state index is -0.329. The number of anilines is 1. The Morgan fingerprint density at radius 1 is 1.35 bits per heavy atom. The van der Waals surface area contributed by atoms with Crippen LogP contribution in [0.25, 0.3) is 0 Å². The first-order valence-electron chi connectivity index (χ1n) is 8.10. The maximum Gasteiger partial charge on any atom is 0.277 e. The van der Waals surface area contributed by atoms with Gasteiger partial charge in [0.05, 0.1) is 32.7 Å². The van der Waals surface area contributed by atoms with Crippen molar-refractivity contribution in [3.63, 3.8) is 0 Å². The highest BCUT2D eigenvalue weighted by molar-refractivity contribution is 6.31. The number of amides is 2. The molecule has 1 heterocycles. The number of hydrogen-bond donors (Lipinski definition) is 2. The first kappa shape index (κ1) is 19.8. The van der Waals surface area contributed by atoms with Crippen molar-refractivity contribution in [2.45, 2.75) is 6.54 Å². The van der Waals surface area contributed by atoms with Gasteiger partial charge in [0.2, 0.25) is 5.91 Å². The van der Waals surface area contributed by atoms with Crippen molar-refractivity contribution in [1.82, 2.24) is 4.90 Å². The molecular weight excluding hydrogens is 358 g/mol. The Labute approximate surface area is 157 Å². The molecule has 1 unspecified atom stereocenters. The fourth-order valence-electron chi connectivity index (χ4n) is 2.44. The fraction of sp³-hybridized carbons (Fsp3) is 0.333. The first-order valence-corrected chi connectivity index (χ1v) is 8.48. The minimum Gasteiger partial charge on any atom is -0.495 e. The van der Waals surface area contributed by atoms with Gasteiger partial charge < -0.3 is 24.3 Å². The van der Waals surface area contributed by atoms with Gasteiger partial charge in [-0.3, -0.25) is 9.59 Å². The summed E-state index contributed by atoms with van der Waals surface area (Å²) >= 11 is 5.95. The quantitative estimate of drug-likeness (QED) is 0.718. The Morgan fingerprint density at radius 3 is 2.77 bits per heavy atom. The highest BCUT2D eigenvalue weighted by atomic mass is 35.5. The zero-order valence-corrected chi connectivity index (χ0v) is 15.8. The molecule has 2 N–H and O–H groups in total. The van der Waals surface area contributed by atoms with Gasteiger partial charge in [-0.05, 0) is 30.3 Å². The van der Waals surface area contributed by atoms with Crippen LogP contribution in [0.15, 0.2) is 41.0 Å². The van der Waals surface area contributed by atoms with Gasteiger partial charge in [0.25, 0.3) is 5.91 Å². The zero-order chi connectivity index (χ0) is 19.1. The number of methoxy groups -OCH3 is 1. The van der Waals surface area contributed by atoms with Crippen molar-refractivity contribution in [2.24, 2.45) is 0 Å². The molecule has 1 aromatic heterocycles. The molecule has 0 saturated heterocycles. The van der Waals surface area contributed by atoms with Crippen LogP contribution in [0.1, 0.15) is 5.76 Å². The van der Waals surface area contributed by atoms with E-state index in [2.05, 4.69) is 5.32 Å². The van der Waals surface area contributed by atoms with Gasteiger partial charge in [-0.25, -0.2) is 0 Å². The van der Waals surface area contributed by atoms with Gasteiger partial charge in [-0.2, -0.15) is 0 Å². The molecule has 2 rings (SSSR count). The summed E-state index contributed by atoms with van der Waals surface area (Å²) in [5.74, 6) is 0.843. The molecule has 1 atom stereocenters. The van der Waals surface area contributed by atoms with Crippen molar-refractivity contribution in [3.8, 4) is 5.75 Å². The van der Waals surface area contributed by atoms with Crippen molar-refractivity contribution >= 4 is 29.1 Å². The third kappa shape index (κ3) is 5.79. The normalized spacial score (nSPS) is 11.7. The van der Waals surface area contributed by atoms with Gasteiger partial charge in [-0.1, -0.05) is 11.6 Å². The van der Waals surface area contributed by atoms with Crippen molar-refractivity contribution < 1.29 is 23.6 Å². The number of benzene rings is 1. The number of quaternary nitrogens is 1. The second-order valence-corrected chi connectivity index (χ2v) is 6.47. The van der Waals surface area contributed by atoms with E-state index in [1.165, 1.54) is 12.0 Å². The van der Waals surface area contributed by atoms with Crippen LogP contribution in [0.5, 0.6) is 5.75 Å². The summed E-state index contributed by atoms with van der Waals surface area (Å²) in [7, 11) is 4.99. The number of nitrogens with one attached hydrogen (secondary N) is 2. The number of carbonyl (C=O) groups is 2. The van der Waals surface area contributed by atoms with Gasteiger partial charge in [-0.15, -0.1) is 0 Å². The maximum atomic E-state index is 12.3. The van der Waals surface area contributed by atoms with Crippen molar-refractivity contribution in [3.05, 3.63) is 47.4 Å². The van der Waals surface area contributed by atoms with Gasteiger partial charge in [0.15, 0.2) is 12.3 Å². The van der Waals surface area contributed by atoms with Gasteiger partial charge in [0, 0.05) is 12.1 Å². The van der Waals surface area contributed by atoms with E-state index in [1.54, 1.807) is 31.5 Å². The van der Waals surface area contributed by atoms with Crippen LogP contribution in [0.4, 0.5) is 5.69 Å². The summed E-state index contributed by atoms with van der Waals surface area (Å²) in [6, 6.07) is 8.61. The van der Waals surface area contributed by atoms with E-state index in [0.717, 1.165) is 10.7 Å². The van der Waals surface area contributed by atoms with Gasteiger partial charge in [0.1, 0.15) is 12.3 Å². The van der Waals surface area contributed by atoms with Crippen LogP contribution >= 0.6 is 11.6 Å².